The third-order valence-electron chi connectivity index (χ3n) is 2.88. The van der Waals surface area contributed by atoms with Gasteiger partial charge in [0, 0.05) is 37.6 Å². The van der Waals surface area contributed by atoms with Crippen molar-refractivity contribution in [3.63, 3.8) is 0 Å². The summed E-state index contributed by atoms with van der Waals surface area (Å²) in [7, 11) is 1.42. The minimum absolute atomic E-state index is 0.135. The van der Waals surface area contributed by atoms with E-state index < -0.39 is 0 Å². The molecule has 1 aliphatic rings. The molecule has 18 heavy (non-hydrogen) atoms. The summed E-state index contributed by atoms with van der Waals surface area (Å²) in [5, 5.41) is 0. The van der Waals surface area contributed by atoms with Crippen LogP contribution in [0.25, 0.3) is 0 Å². The number of ether oxygens (including phenoxy) is 1. The molecule has 1 fully saturated rings. The number of hydrogen-bond acceptors (Lipinski definition) is 4. The summed E-state index contributed by atoms with van der Waals surface area (Å²) in [5.41, 5.74) is 5.93. The Morgan fingerprint density at radius 3 is 2.72 bits per heavy atom. The smallest absolute Gasteiger partial charge is 0.305 e. The SMILES string of the molecule is COC(=O)CCCCCN=C(N)N1CCSCC1. The lowest BCUT2D eigenvalue weighted by Gasteiger charge is -2.27. The maximum Gasteiger partial charge on any atom is 0.305 e. The van der Waals surface area contributed by atoms with Gasteiger partial charge in [0.2, 0.25) is 0 Å². The van der Waals surface area contributed by atoms with Gasteiger partial charge in [0.1, 0.15) is 0 Å². The van der Waals surface area contributed by atoms with E-state index in [4.69, 9.17) is 5.73 Å². The molecular weight excluding hydrogens is 250 g/mol. The topological polar surface area (TPSA) is 67.9 Å². The number of carbonyl (C=O) groups is 1. The second-order valence-electron chi connectivity index (χ2n) is 4.23. The van der Waals surface area contributed by atoms with Crippen LogP contribution in [0.4, 0.5) is 0 Å². The molecule has 1 heterocycles. The molecule has 1 aliphatic heterocycles. The molecule has 1 saturated heterocycles. The van der Waals surface area contributed by atoms with E-state index in [0.29, 0.717) is 12.4 Å². The Morgan fingerprint density at radius 1 is 1.33 bits per heavy atom. The van der Waals surface area contributed by atoms with Crippen LogP contribution in [-0.2, 0) is 9.53 Å². The van der Waals surface area contributed by atoms with E-state index in [1.165, 1.54) is 7.11 Å². The summed E-state index contributed by atoms with van der Waals surface area (Å²) in [6, 6.07) is 0. The number of carbonyl (C=O) groups excluding carboxylic acids is 1. The molecule has 0 unspecified atom stereocenters. The third-order valence-corrected chi connectivity index (χ3v) is 3.82. The van der Waals surface area contributed by atoms with Crippen LogP contribution in [0.2, 0.25) is 0 Å². The van der Waals surface area contributed by atoms with Gasteiger partial charge in [-0.25, -0.2) is 0 Å². The van der Waals surface area contributed by atoms with Crippen LogP contribution in [-0.4, -0.2) is 55.1 Å². The molecule has 0 radical (unpaired) electrons. The van der Waals surface area contributed by atoms with Gasteiger partial charge in [-0.2, -0.15) is 11.8 Å². The van der Waals surface area contributed by atoms with Gasteiger partial charge in [0.05, 0.1) is 7.11 Å². The van der Waals surface area contributed by atoms with Crippen LogP contribution in [0.5, 0.6) is 0 Å². The molecule has 0 atom stereocenters. The normalized spacial score (nSPS) is 16.7. The lowest BCUT2D eigenvalue weighted by Crippen LogP contribution is -2.42. The molecule has 0 saturated carbocycles. The van der Waals surface area contributed by atoms with E-state index in [1.54, 1.807) is 0 Å². The van der Waals surface area contributed by atoms with E-state index in [9.17, 15) is 4.79 Å². The van der Waals surface area contributed by atoms with Crippen molar-refractivity contribution in [3.8, 4) is 0 Å². The molecule has 0 aliphatic carbocycles. The Balaban J connectivity index is 2.06. The molecule has 0 spiro atoms. The maximum absolute atomic E-state index is 10.9. The molecule has 6 heteroatoms. The van der Waals surface area contributed by atoms with Gasteiger partial charge in [-0.3, -0.25) is 9.79 Å². The van der Waals surface area contributed by atoms with Crippen LogP contribution in [0, 0.1) is 0 Å². The van der Waals surface area contributed by atoms with E-state index >= 15 is 0 Å². The lowest BCUT2D eigenvalue weighted by atomic mass is 10.2. The number of thioether (sulfide) groups is 1. The molecule has 0 amide bonds. The standard InChI is InChI=1S/C12H23N3O2S/c1-17-11(16)5-3-2-4-6-14-12(13)15-7-9-18-10-8-15/h2-10H2,1H3,(H2,13,14). The van der Waals surface area contributed by atoms with Gasteiger partial charge in [-0.15, -0.1) is 0 Å². The van der Waals surface area contributed by atoms with Crippen molar-refractivity contribution in [3.05, 3.63) is 0 Å². The number of nitrogens with zero attached hydrogens (tertiary/aromatic N) is 2. The second kappa shape index (κ2) is 9.08. The summed E-state index contributed by atoms with van der Waals surface area (Å²) in [5.74, 6) is 2.80. The summed E-state index contributed by atoms with van der Waals surface area (Å²) in [4.78, 5) is 17.4. The van der Waals surface area contributed by atoms with Crippen molar-refractivity contribution in [1.29, 1.82) is 0 Å². The summed E-state index contributed by atoms with van der Waals surface area (Å²) in [6.45, 7) is 2.75. The molecule has 0 aromatic carbocycles. The van der Waals surface area contributed by atoms with Crippen molar-refractivity contribution in [2.24, 2.45) is 10.7 Å². The quantitative estimate of drug-likeness (QED) is 0.339. The largest absolute Gasteiger partial charge is 0.469 e. The minimum Gasteiger partial charge on any atom is -0.469 e. The summed E-state index contributed by atoms with van der Waals surface area (Å²) in [6.07, 6.45) is 3.32. The molecular formula is C12H23N3O2S. The van der Waals surface area contributed by atoms with Gasteiger partial charge >= 0.3 is 5.97 Å². The average Bonchev–Trinajstić information content (AvgIpc) is 2.43. The Morgan fingerprint density at radius 2 is 2.06 bits per heavy atom. The lowest BCUT2D eigenvalue weighted by molar-refractivity contribution is -0.140. The van der Waals surface area contributed by atoms with Gasteiger partial charge in [0.25, 0.3) is 0 Å². The van der Waals surface area contributed by atoms with Crippen molar-refractivity contribution in [2.75, 3.05) is 38.2 Å². The second-order valence-corrected chi connectivity index (χ2v) is 5.45. The Bertz CT molecular complexity index is 278. The van der Waals surface area contributed by atoms with E-state index in [0.717, 1.165) is 50.4 Å². The number of guanidine groups is 1. The first-order valence-corrected chi connectivity index (χ1v) is 7.59. The van der Waals surface area contributed by atoms with Crippen LogP contribution < -0.4 is 5.73 Å². The number of nitrogens with two attached hydrogens (primary N) is 1. The zero-order valence-electron chi connectivity index (χ0n) is 11.1. The molecule has 0 aromatic heterocycles. The highest BCUT2D eigenvalue weighted by Gasteiger charge is 2.11. The van der Waals surface area contributed by atoms with Crippen LogP contribution >= 0.6 is 11.8 Å². The zero-order chi connectivity index (χ0) is 13.2. The highest BCUT2D eigenvalue weighted by atomic mass is 32.2. The number of aliphatic imine (C=N–C) groups is 1. The highest BCUT2D eigenvalue weighted by Crippen LogP contribution is 2.08. The zero-order valence-corrected chi connectivity index (χ0v) is 11.9. The predicted molar refractivity (Wildman–Crippen MR) is 75.9 cm³/mol. The average molecular weight is 273 g/mol. The van der Waals surface area contributed by atoms with E-state index in [2.05, 4.69) is 14.6 Å². The predicted octanol–water partition coefficient (Wildman–Crippen LogP) is 1.08. The van der Waals surface area contributed by atoms with Gasteiger partial charge in [-0.05, 0) is 12.8 Å². The molecule has 1 rings (SSSR count). The van der Waals surface area contributed by atoms with Crippen LogP contribution in [0.3, 0.4) is 0 Å². The third kappa shape index (κ3) is 6.14. The number of esters is 1. The Kier molecular flexibility index (Phi) is 7.64. The van der Waals surface area contributed by atoms with Gasteiger partial charge in [-0.1, -0.05) is 6.42 Å². The number of unbranched alkanes of at least 4 members (excludes halogenated alkanes) is 2. The first-order valence-electron chi connectivity index (χ1n) is 6.43. The number of hydrogen-bond donors (Lipinski definition) is 1. The number of methoxy groups -OCH3 is 1. The first-order chi connectivity index (χ1) is 8.74. The van der Waals surface area contributed by atoms with Crippen molar-refractivity contribution in [1.82, 2.24) is 4.90 Å². The van der Waals surface area contributed by atoms with Crippen LogP contribution in [0.15, 0.2) is 4.99 Å². The van der Waals surface area contributed by atoms with Crippen molar-refractivity contribution >= 4 is 23.7 Å². The van der Waals surface area contributed by atoms with Crippen molar-refractivity contribution < 1.29 is 9.53 Å². The fourth-order valence-electron chi connectivity index (χ4n) is 1.75. The van der Waals surface area contributed by atoms with E-state index in [1.807, 2.05) is 11.8 Å². The minimum atomic E-state index is -0.135. The van der Waals surface area contributed by atoms with Crippen LogP contribution in [0.1, 0.15) is 25.7 Å². The summed E-state index contributed by atoms with van der Waals surface area (Å²) < 4.78 is 4.58. The van der Waals surface area contributed by atoms with Gasteiger partial charge in [0.15, 0.2) is 5.96 Å². The first kappa shape index (κ1) is 15.1. The van der Waals surface area contributed by atoms with E-state index in [-0.39, 0.29) is 5.97 Å². The fraction of sp³-hybridized carbons (Fsp3) is 0.833. The Labute approximate surface area is 113 Å². The molecule has 104 valence electrons. The molecule has 5 nitrogen and oxygen atoms in total. The maximum atomic E-state index is 10.9. The Hall–Kier alpha value is -0.910. The van der Waals surface area contributed by atoms with Crippen molar-refractivity contribution in [2.45, 2.75) is 25.7 Å². The fourth-order valence-corrected chi connectivity index (χ4v) is 2.65. The number of rotatable bonds is 6. The summed E-state index contributed by atoms with van der Waals surface area (Å²) >= 11 is 1.96. The molecule has 0 bridgehead atoms. The highest BCUT2D eigenvalue weighted by molar-refractivity contribution is 7.99. The monoisotopic (exact) mass is 273 g/mol. The molecule has 2 N–H and O–H groups in total. The van der Waals surface area contributed by atoms with Gasteiger partial charge < -0.3 is 15.4 Å². The molecule has 0 aromatic rings.